The molecule has 4 N–H and O–H groups in total. The lowest BCUT2D eigenvalue weighted by Crippen LogP contribution is -2.33. The maximum absolute atomic E-state index is 12.6. The van der Waals surface area contributed by atoms with E-state index in [1.54, 1.807) is 4.90 Å². The smallest absolute Gasteiger partial charge is 0.267 e. The Balaban J connectivity index is 1.70. The molecule has 1 saturated heterocycles. The summed E-state index contributed by atoms with van der Waals surface area (Å²) < 4.78 is 0. The second-order valence-corrected chi connectivity index (χ2v) is 7.29. The zero-order valence-electron chi connectivity index (χ0n) is 12.3. The number of amides is 1. The number of thiazole rings is 1. The fraction of sp³-hybridized carbons (Fsp3) is 0.714. The van der Waals surface area contributed by atoms with Crippen LogP contribution in [0.5, 0.6) is 0 Å². The van der Waals surface area contributed by atoms with Crippen molar-refractivity contribution in [2.45, 2.75) is 50.7 Å². The standard InChI is InChI=1S/C14H22N4O2S/c1-14(20)5-2-7-18(8-6-14)12(19)10-11(15)17-13(21-10)16-9-3-4-9/h9,20H,2-8,15H2,1H3,(H,16,17). The minimum Gasteiger partial charge on any atom is -0.390 e. The fourth-order valence-electron chi connectivity index (χ4n) is 2.56. The van der Waals surface area contributed by atoms with Crippen LogP contribution in [0, 0.1) is 0 Å². The third-order valence-electron chi connectivity index (χ3n) is 4.10. The minimum absolute atomic E-state index is 0.0634. The topological polar surface area (TPSA) is 91.5 Å². The first-order valence-electron chi connectivity index (χ1n) is 7.49. The molecule has 2 heterocycles. The molecule has 0 bridgehead atoms. The Morgan fingerprint density at radius 1 is 1.48 bits per heavy atom. The van der Waals surface area contributed by atoms with Gasteiger partial charge in [-0.2, -0.15) is 0 Å². The SMILES string of the molecule is CC1(O)CCCN(C(=O)c2sc(NC3CC3)nc2N)CC1. The molecule has 1 aromatic rings. The van der Waals surface area contributed by atoms with E-state index in [2.05, 4.69) is 10.3 Å². The van der Waals surface area contributed by atoms with Crippen molar-refractivity contribution in [2.75, 3.05) is 24.1 Å². The molecule has 1 atom stereocenters. The lowest BCUT2D eigenvalue weighted by Gasteiger charge is -2.22. The molecule has 21 heavy (non-hydrogen) atoms. The van der Waals surface area contributed by atoms with E-state index in [4.69, 9.17) is 5.73 Å². The molecular weight excluding hydrogens is 288 g/mol. The van der Waals surface area contributed by atoms with Gasteiger partial charge in [0, 0.05) is 19.1 Å². The molecule has 2 aliphatic rings. The fourth-order valence-corrected chi connectivity index (χ4v) is 3.49. The van der Waals surface area contributed by atoms with Crippen molar-refractivity contribution < 1.29 is 9.90 Å². The number of aliphatic hydroxyl groups is 1. The zero-order valence-corrected chi connectivity index (χ0v) is 13.1. The van der Waals surface area contributed by atoms with Gasteiger partial charge < -0.3 is 21.1 Å². The van der Waals surface area contributed by atoms with Crippen LogP contribution in [0.3, 0.4) is 0 Å². The Labute approximate surface area is 128 Å². The average molecular weight is 310 g/mol. The molecule has 6 nitrogen and oxygen atoms in total. The highest BCUT2D eigenvalue weighted by molar-refractivity contribution is 7.18. The van der Waals surface area contributed by atoms with E-state index in [0.29, 0.717) is 36.2 Å². The molecule has 1 unspecified atom stereocenters. The Hall–Kier alpha value is -1.34. The van der Waals surface area contributed by atoms with E-state index >= 15 is 0 Å². The first kappa shape index (κ1) is 14.6. The summed E-state index contributed by atoms with van der Waals surface area (Å²) in [6, 6.07) is 0.492. The van der Waals surface area contributed by atoms with Crippen LogP contribution >= 0.6 is 11.3 Å². The normalized spacial score (nSPS) is 26.5. The maximum Gasteiger partial charge on any atom is 0.267 e. The number of likely N-dealkylation sites (tertiary alicyclic amines) is 1. The van der Waals surface area contributed by atoms with Gasteiger partial charge in [-0.3, -0.25) is 4.79 Å². The second kappa shape index (κ2) is 5.46. The van der Waals surface area contributed by atoms with Gasteiger partial charge >= 0.3 is 0 Å². The number of nitrogens with two attached hydrogens (primary N) is 1. The maximum atomic E-state index is 12.6. The molecule has 3 rings (SSSR count). The number of carbonyl (C=O) groups is 1. The van der Waals surface area contributed by atoms with E-state index in [1.807, 2.05) is 6.92 Å². The Kier molecular flexibility index (Phi) is 3.79. The molecule has 116 valence electrons. The summed E-state index contributed by atoms with van der Waals surface area (Å²) in [5.41, 5.74) is 5.23. The van der Waals surface area contributed by atoms with Crippen LogP contribution in [-0.2, 0) is 0 Å². The van der Waals surface area contributed by atoms with Gasteiger partial charge in [0.1, 0.15) is 10.7 Å². The van der Waals surface area contributed by atoms with Crippen molar-refractivity contribution in [3.8, 4) is 0 Å². The molecule has 2 fully saturated rings. The van der Waals surface area contributed by atoms with E-state index in [1.165, 1.54) is 11.3 Å². The number of aromatic nitrogens is 1. The zero-order chi connectivity index (χ0) is 15.0. The van der Waals surface area contributed by atoms with Gasteiger partial charge in [0.25, 0.3) is 5.91 Å². The summed E-state index contributed by atoms with van der Waals surface area (Å²) in [7, 11) is 0. The summed E-state index contributed by atoms with van der Waals surface area (Å²) in [4.78, 5) is 19.2. The molecule has 1 aliphatic carbocycles. The summed E-state index contributed by atoms with van der Waals surface area (Å²) >= 11 is 1.34. The molecule has 0 spiro atoms. The molecule has 1 amide bonds. The second-order valence-electron chi connectivity index (χ2n) is 6.29. The molecular formula is C14H22N4O2S. The largest absolute Gasteiger partial charge is 0.390 e. The molecule has 1 aliphatic heterocycles. The minimum atomic E-state index is -0.674. The highest BCUT2D eigenvalue weighted by Crippen LogP contribution is 2.32. The number of rotatable bonds is 3. The first-order chi connectivity index (χ1) is 9.94. The van der Waals surface area contributed by atoms with Crippen LogP contribution < -0.4 is 11.1 Å². The number of hydrogen-bond acceptors (Lipinski definition) is 6. The monoisotopic (exact) mass is 310 g/mol. The quantitative estimate of drug-likeness (QED) is 0.790. The third-order valence-corrected chi connectivity index (χ3v) is 5.09. The van der Waals surface area contributed by atoms with Crippen LogP contribution in [0.25, 0.3) is 0 Å². The number of nitrogens with zero attached hydrogens (tertiary/aromatic N) is 2. The highest BCUT2D eigenvalue weighted by atomic mass is 32.1. The van der Waals surface area contributed by atoms with Gasteiger partial charge in [0.2, 0.25) is 0 Å². The number of nitrogen functional groups attached to an aromatic ring is 1. The number of hydrogen-bond donors (Lipinski definition) is 3. The summed E-state index contributed by atoms with van der Waals surface area (Å²) in [6.07, 6.45) is 4.45. The Morgan fingerprint density at radius 3 is 2.95 bits per heavy atom. The third kappa shape index (κ3) is 3.47. The van der Waals surface area contributed by atoms with Crippen LogP contribution in [0.2, 0.25) is 0 Å². The van der Waals surface area contributed by atoms with E-state index in [9.17, 15) is 9.90 Å². The van der Waals surface area contributed by atoms with E-state index < -0.39 is 5.60 Å². The summed E-state index contributed by atoms with van der Waals surface area (Å²) in [5, 5.41) is 14.1. The van der Waals surface area contributed by atoms with Crippen molar-refractivity contribution >= 4 is 28.2 Å². The first-order valence-corrected chi connectivity index (χ1v) is 8.31. The van der Waals surface area contributed by atoms with Crippen molar-refractivity contribution in [3.05, 3.63) is 4.88 Å². The molecule has 7 heteroatoms. The molecule has 0 radical (unpaired) electrons. The predicted molar refractivity (Wildman–Crippen MR) is 83.5 cm³/mol. The van der Waals surface area contributed by atoms with Gasteiger partial charge in [-0.05, 0) is 39.0 Å². The van der Waals surface area contributed by atoms with Gasteiger partial charge in [-0.25, -0.2) is 4.98 Å². The number of carbonyl (C=O) groups excluding carboxylic acids is 1. The van der Waals surface area contributed by atoms with Gasteiger partial charge in [-0.1, -0.05) is 11.3 Å². The van der Waals surface area contributed by atoms with E-state index in [-0.39, 0.29) is 5.91 Å². The van der Waals surface area contributed by atoms with Crippen LogP contribution in [0.4, 0.5) is 10.9 Å². The van der Waals surface area contributed by atoms with Crippen LogP contribution in [-0.4, -0.2) is 45.6 Å². The van der Waals surface area contributed by atoms with Crippen molar-refractivity contribution in [2.24, 2.45) is 0 Å². The van der Waals surface area contributed by atoms with E-state index in [0.717, 1.165) is 30.8 Å². The number of anilines is 2. The Morgan fingerprint density at radius 2 is 2.24 bits per heavy atom. The van der Waals surface area contributed by atoms with Crippen LogP contribution in [0.15, 0.2) is 0 Å². The van der Waals surface area contributed by atoms with Gasteiger partial charge in [0.15, 0.2) is 5.13 Å². The van der Waals surface area contributed by atoms with Crippen LogP contribution in [0.1, 0.15) is 48.7 Å². The summed E-state index contributed by atoms with van der Waals surface area (Å²) in [5.74, 6) is 0.246. The molecule has 0 aromatic carbocycles. The van der Waals surface area contributed by atoms with Crippen molar-refractivity contribution in [1.29, 1.82) is 0 Å². The molecule has 1 saturated carbocycles. The predicted octanol–water partition coefficient (Wildman–Crippen LogP) is 1.68. The highest BCUT2D eigenvalue weighted by Gasteiger charge is 2.30. The Bertz CT molecular complexity index is 539. The van der Waals surface area contributed by atoms with Gasteiger partial charge in [-0.15, -0.1) is 0 Å². The van der Waals surface area contributed by atoms with Crippen molar-refractivity contribution in [3.63, 3.8) is 0 Å². The average Bonchev–Trinajstić information content (AvgIpc) is 3.16. The van der Waals surface area contributed by atoms with Crippen molar-refractivity contribution in [1.82, 2.24) is 9.88 Å². The van der Waals surface area contributed by atoms with Gasteiger partial charge in [0.05, 0.1) is 5.60 Å². The number of nitrogens with one attached hydrogen (secondary N) is 1. The molecule has 1 aromatic heterocycles. The lowest BCUT2D eigenvalue weighted by atomic mass is 9.98. The summed E-state index contributed by atoms with van der Waals surface area (Å²) in [6.45, 7) is 3.06. The lowest BCUT2D eigenvalue weighted by molar-refractivity contribution is 0.0438.